The Morgan fingerprint density at radius 1 is 1.45 bits per heavy atom. The average Bonchev–Trinajstić information content (AvgIpc) is 3.16. The molecule has 0 aromatic carbocycles. The van der Waals surface area contributed by atoms with Gasteiger partial charge in [-0.1, -0.05) is 25.9 Å². The van der Waals surface area contributed by atoms with Gasteiger partial charge in [-0.2, -0.15) is 16.3 Å². The summed E-state index contributed by atoms with van der Waals surface area (Å²) < 4.78 is 5.45. The molecular formula is C16H21N3O2S. The normalized spacial score (nSPS) is 19.4. The van der Waals surface area contributed by atoms with E-state index in [2.05, 4.69) is 10.1 Å². The lowest BCUT2D eigenvalue weighted by Crippen LogP contribution is -2.44. The van der Waals surface area contributed by atoms with Crippen LogP contribution in [0.1, 0.15) is 45.4 Å². The van der Waals surface area contributed by atoms with Crippen molar-refractivity contribution in [2.75, 3.05) is 13.1 Å². The molecule has 3 heterocycles. The minimum atomic E-state index is -0.349. The van der Waals surface area contributed by atoms with Crippen molar-refractivity contribution in [2.45, 2.75) is 39.5 Å². The first-order valence-corrected chi connectivity index (χ1v) is 8.55. The second kappa shape index (κ2) is 5.83. The molecule has 1 amide bonds. The number of rotatable bonds is 2. The number of carbonyl (C=O) groups excluding carboxylic acids is 1. The van der Waals surface area contributed by atoms with Crippen molar-refractivity contribution >= 4 is 17.2 Å². The summed E-state index contributed by atoms with van der Waals surface area (Å²) in [6.07, 6.45) is 1.96. The van der Waals surface area contributed by atoms with Crippen LogP contribution in [-0.2, 0) is 4.79 Å². The van der Waals surface area contributed by atoms with E-state index in [1.54, 1.807) is 11.3 Å². The van der Waals surface area contributed by atoms with Crippen LogP contribution in [0, 0.1) is 5.41 Å². The van der Waals surface area contributed by atoms with Crippen molar-refractivity contribution in [3.8, 4) is 11.4 Å². The summed E-state index contributed by atoms with van der Waals surface area (Å²) in [5, 5.41) is 8.07. The van der Waals surface area contributed by atoms with Gasteiger partial charge in [0.1, 0.15) is 0 Å². The Hall–Kier alpha value is -1.69. The fourth-order valence-corrected chi connectivity index (χ4v) is 3.38. The fraction of sp³-hybridized carbons (Fsp3) is 0.562. The predicted molar refractivity (Wildman–Crippen MR) is 85.6 cm³/mol. The number of aromatic nitrogens is 2. The van der Waals surface area contributed by atoms with Gasteiger partial charge in [0, 0.05) is 29.4 Å². The zero-order valence-electron chi connectivity index (χ0n) is 13.2. The molecule has 5 nitrogen and oxygen atoms in total. The first kappa shape index (κ1) is 15.2. The number of thiophene rings is 1. The molecule has 0 bridgehead atoms. The summed E-state index contributed by atoms with van der Waals surface area (Å²) in [6.45, 7) is 7.36. The molecule has 3 rings (SSSR count). The average molecular weight is 319 g/mol. The van der Waals surface area contributed by atoms with Gasteiger partial charge in [-0.25, -0.2) is 0 Å². The SMILES string of the molecule is CC(C)(C)C(=O)N1CCC[C@@H](c2nc(-c3ccsc3)no2)C1. The highest BCUT2D eigenvalue weighted by Gasteiger charge is 2.33. The van der Waals surface area contributed by atoms with Gasteiger partial charge in [-0.05, 0) is 24.3 Å². The van der Waals surface area contributed by atoms with E-state index in [-0.39, 0.29) is 17.2 Å². The van der Waals surface area contributed by atoms with Crippen molar-refractivity contribution < 1.29 is 9.32 Å². The standard InChI is InChI=1S/C16H21N3O2S/c1-16(2,3)15(20)19-7-4-5-11(9-19)14-17-13(18-21-14)12-6-8-22-10-12/h6,8,10-11H,4-5,7,9H2,1-3H3/t11-/m1/s1. The van der Waals surface area contributed by atoms with E-state index >= 15 is 0 Å². The highest BCUT2D eigenvalue weighted by Crippen LogP contribution is 2.30. The summed E-state index contributed by atoms with van der Waals surface area (Å²) in [5.74, 6) is 1.61. The Kier molecular flexibility index (Phi) is 4.04. The smallest absolute Gasteiger partial charge is 0.231 e. The molecule has 0 spiro atoms. The molecular weight excluding hydrogens is 298 g/mol. The molecule has 1 aliphatic rings. The number of likely N-dealkylation sites (tertiary alicyclic amines) is 1. The van der Waals surface area contributed by atoms with E-state index in [0.717, 1.165) is 24.9 Å². The molecule has 0 saturated carbocycles. The number of piperidine rings is 1. The van der Waals surface area contributed by atoms with Crippen LogP contribution in [0.15, 0.2) is 21.3 Å². The van der Waals surface area contributed by atoms with Gasteiger partial charge in [-0.3, -0.25) is 4.79 Å². The molecule has 1 aliphatic heterocycles. The monoisotopic (exact) mass is 319 g/mol. The number of nitrogens with zero attached hydrogens (tertiary/aromatic N) is 3. The zero-order valence-corrected chi connectivity index (χ0v) is 14.0. The summed E-state index contributed by atoms with van der Waals surface area (Å²) in [4.78, 5) is 18.9. The van der Waals surface area contributed by atoms with Crippen LogP contribution in [0.5, 0.6) is 0 Å². The summed E-state index contributed by atoms with van der Waals surface area (Å²) in [5.41, 5.74) is 0.636. The summed E-state index contributed by atoms with van der Waals surface area (Å²) >= 11 is 1.61. The summed E-state index contributed by atoms with van der Waals surface area (Å²) in [7, 11) is 0. The van der Waals surface area contributed by atoms with Crippen LogP contribution in [-0.4, -0.2) is 34.0 Å². The van der Waals surface area contributed by atoms with Crippen LogP contribution in [0.3, 0.4) is 0 Å². The lowest BCUT2D eigenvalue weighted by atomic mass is 9.91. The number of hydrogen-bond acceptors (Lipinski definition) is 5. The number of hydrogen-bond donors (Lipinski definition) is 0. The van der Waals surface area contributed by atoms with Crippen molar-refractivity contribution in [1.82, 2.24) is 15.0 Å². The third kappa shape index (κ3) is 3.06. The van der Waals surface area contributed by atoms with E-state index in [1.165, 1.54) is 0 Å². The van der Waals surface area contributed by atoms with Gasteiger partial charge in [0.25, 0.3) is 0 Å². The Morgan fingerprint density at radius 2 is 2.27 bits per heavy atom. The maximum atomic E-state index is 12.4. The second-order valence-electron chi connectivity index (χ2n) is 6.81. The highest BCUT2D eigenvalue weighted by atomic mass is 32.1. The quantitative estimate of drug-likeness (QED) is 0.849. The predicted octanol–water partition coefficient (Wildman–Crippen LogP) is 3.55. The zero-order chi connectivity index (χ0) is 15.7. The molecule has 22 heavy (non-hydrogen) atoms. The van der Waals surface area contributed by atoms with Gasteiger partial charge in [-0.15, -0.1) is 0 Å². The molecule has 0 N–H and O–H groups in total. The Morgan fingerprint density at radius 3 is 2.95 bits per heavy atom. The molecule has 0 unspecified atom stereocenters. The molecule has 2 aromatic rings. The Bertz CT molecular complexity index is 643. The molecule has 0 aliphatic carbocycles. The van der Waals surface area contributed by atoms with Crippen molar-refractivity contribution in [2.24, 2.45) is 5.41 Å². The van der Waals surface area contributed by atoms with Crippen LogP contribution in [0.25, 0.3) is 11.4 Å². The first-order valence-electron chi connectivity index (χ1n) is 7.60. The largest absolute Gasteiger partial charge is 0.341 e. The minimum absolute atomic E-state index is 0.139. The molecule has 0 radical (unpaired) electrons. The van der Waals surface area contributed by atoms with Gasteiger partial charge >= 0.3 is 0 Å². The van der Waals surface area contributed by atoms with E-state index in [4.69, 9.17) is 4.52 Å². The molecule has 6 heteroatoms. The number of carbonyl (C=O) groups is 1. The van der Waals surface area contributed by atoms with E-state index in [0.29, 0.717) is 18.3 Å². The molecule has 1 atom stereocenters. The molecule has 1 saturated heterocycles. The van der Waals surface area contributed by atoms with Gasteiger partial charge < -0.3 is 9.42 Å². The van der Waals surface area contributed by atoms with Crippen LogP contribution in [0.4, 0.5) is 0 Å². The first-order chi connectivity index (χ1) is 10.4. The van der Waals surface area contributed by atoms with Crippen LogP contribution in [0.2, 0.25) is 0 Å². The van der Waals surface area contributed by atoms with Crippen LogP contribution >= 0.6 is 11.3 Å². The lowest BCUT2D eigenvalue weighted by Gasteiger charge is -2.35. The highest BCUT2D eigenvalue weighted by molar-refractivity contribution is 7.08. The van der Waals surface area contributed by atoms with Gasteiger partial charge in [0.15, 0.2) is 0 Å². The molecule has 118 valence electrons. The van der Waals surface area contributed by atoms with Gasteiger partial charge in [0.05, 0.1) is 5.92 Å². The topological polar surface area (TPSA) is 59.2 Å². The van der Waals surface area contributed by atoms with Crippen LogP contribution < -0.4 is 0 Å². The third-order valence-corrected chi connectivity index (χ3v) is 4.60. The molecule has 2 aromatic heterocycles. The molecule has 1 fully saturated rings. The maximum Gasteiger partial charge on any atom is 0.231 e. The lowest BCUT2D eigenvalue weighted by molar-refractivity contribution is -0.140. The van der Waals surface area contributed by atoms with Crippen molar-refractivity contribution in [1.29, 1.82) is 0 Å². The third-order valence-electron chi connectivity index (χ3n) is 3.92. The van der Waals surface area contributed by atoms with Gasteiger partial charge in [0.2, 0.25) is 17.6 Å². The van der Waals surface area contributed by atoms with E-state index in [1.807, 2.05) is 42.5 Å². The van der Waals surface area contributed by atoms with Crippen molar-refractivity contribution in [3.05, 3.63) is 22.7 Å². The van der Waals surface area contributed by atoms with E-state index < -0.39 is 0 Å². The minimum Gasteiger partial charge on any atom is -0.341 e. The second-order valence-corrected chi connectivity index (χ2v) is 7.59. The van der Waals surface area contributed by atoms with Crippen molar-refractivity contribution in [3.63, 3.8) is 0 Å². The summed E-state index contributed by atoms with van der Waals surface area (Å²) in [6, 6.07) is 1.98. The Labute approximate surface area is 134 Å². The maximum absolute atomic E-state index is 12.4. The fourth-order valence-electron chi connectivity index (χ4n) is 2.75. The van der Waals surface area contributed by atoms with E-state index in [9.17, 15) is 4.79 Å². The Balaban J connectivity index is 1.74. The number of amides is 1.